The Morgan fingerprint density at radius 2 is 1.77 bits per heavy atom. The molecule has 0 aliphatic heterocycles. The molecule has 0 saturated heterocycles. The number of benzene rings is 2. The van der Waals surface area contributed by atoms with Crippen molar-refractivity contribution in [2.75, 3.05) is 13.7 Å². The first-order chi connectivity index (χ1) is 10.6. The largest absolute Gasteiger partial charge is 0.494 e. The minimum absolute atomic E-state index is 0.128. The normalized spacial score (nSPS) is 10.3. The summed E-state index contributed by atoms with van der Waals surface area (Å²) in [6.07, 6.45) is 1.18. The van der Waals surface area contributed by atoms with E-state index in [-0.39, 0.29) is 5.91 Å². The Hall–Kier alpha value is -2.00. The zero-order chi connectivity index (χ0) is 15.8. The van der Waals surface area contributed by atoms with E-state index in [1.165, 1.54) is 0 Å². The van der Waals surface area contributed by atoms with Crippen LogP contribution in [-0.4, -0.2) is 24.5 Å². The SMILES string of the molecule is CN(Cc1ccccc1)C(=O)CCCOc1ccc(Cl)cc1. The summed E-state index contributed by atoms with van der Waals surface area (Å²) >= 11 is 5.81. The van der Waals surface area contributed by atoms with E-state index < -0.39 is 0 Å². The number of rotatable bonds is 7. The second kappa shape index (κ2) is 8.44. The molecule has 0 fully saturated rings. The molecule has 0 bridgehead atoms. The Morgan fingerprint density at radius 1 is 1.09 bits per heavy atom. The second-order valence-electron chi connectivity index (χ2n) is 5.14. The number of amides is 1. The number of carbonyl (C=O) groups is 1. The number of halogens is 1. The summed E-state index contributed by atoms with van der Waals surface area (Å²) in [6.45, 7) is 1.16. The lowest BCUT2D eigenvalue weighted by Gasteiger charge is -2.17. The molecule has 0 aromatic heterocycles. The lowest BCUT2D eigenvalue weighted by atomic mass is 10.2. The van der Waals surface area contributed by atoms with Gasteiger partial charge in [0.2, 0.25) is 5.91 Å². The van der Waals surface area contributed by atoms with Gasteiger partial charge in [0.05, 0.1) is 6.61 Å². The molecule has 0 saturated carbocycles. The lowest BCUT2D eigenvalue weighted by Crippen LogP contribution is -2.26. The average Bonchev–Trinajstić information content (AvgIpc) is 2.54. The van der Waals surface area contributed by atoms with E-state index in [9.17, 15) is 4.79 Å². The van der Waals surface area contributed by atoms with Crippen LogP contribution in [0.3, 0.4) is 0 Å². The van der Waals surface area contributed by atoms with Crippen LogP contribution >= 0.6 is 11.6 Å². The number of hydrogen-bond acceptors (Lipinski definition) is 2. The van der Waals surface area contributed by atoms with Crippen molar-refractivity contribution in [1.29, 1.82) is 0 Å². The minimum Gasteiger partial charge on any atom is -0.494 e. The summed E-state index contributed by atoms with van der Waals surface area (Å²) in [5, 5.41) is 0.685. The third-order valence-corrected chi connectivity index (χ3v) is 3.56. The van der Waals surface area contributed by atoms with Gasteiger partial charge in [-0.2, -0.15) is 0 Å². The summed E-state index contributed by atoms with van der Waals surface area (Å²) in [5.41, 5.74) is 1.13. The molecule has 0 atom stereocenters. The van der Waals surface area contributed by atoms with Gasteiger partial charge in [-0.05, 0) is 36.2 Å². The molecular formula is C18H20ClNO2. The Balaban J connectivity index is 1.67. The second-order valence-corrected chi connectivity index (χ2v) is 5.58. The van der Waals surface area contributed by atoms with Crippen molar-refractivity contribution in [2.45, 2.75) is 19.4 Å². The average molecular weight is 318 g/mol. The van der Waals surface area contributed by atoms with Crippen LogP contribution in [0.25, 0.3) is 0 Å². The Bertz CT molecular complexity index is 584. The van der Waals surface area contributed by atoms with Crippen LogP contribution in [0.1, 0.15) is 18.4 Å². The van der Waals surface area contributed by atoms with Gasteiger partial charge in [0.25, 0.3) is 0 Å². The van der Waals surface area contributed by atoms with Crippen molar-refractivity contribution in [3.8, 4) is 5.75 Å². The fourth-order valence-corrected chi connectivity index (χ4v) is 2.21. The highest BCUT2D eigenvalue weighted by Gasteiger charge is 2.08. The molecule has 1 amide bonds. The first-order valence-corrected chi connectivity index (χ1v) is 7.69. The maximum atomic E-state index is 12.1. The summed E-state index contributed by atoms with van der Waals surface area (Å²) in [4.78, 5) is 13.8. The lowest BCUT2D eigenvalue weighted by molar-refractivity contribution is -0.130. The van der Waals surface area contributed by atoms with Crippen LogP contribution in [0.15, 0.2) is 54.6 Å². The monoisotopic (exact) mass is 317 g/mol. The Morgan fingerprint density at radius 3 is 2.45 bits per heavy atom. The van der Waals surface area contributed by atoms with Crippen molar-refractivity contribution in [1.82, 2.24) is 4.90 Å². The number of nitrogens with zero attached hydrogens (tertiary/aromatic N) is 1. The quantitative estimate of drug-likeness (QED) is 0.718. The third-order valence-electron chi connectivity index (χ3n) is 3.31. The molecule has 0 aliphatic carbocycles. The predicted octanol–water partition coefficient (Wildman–Crippen LogP) is 4.16. The van der Waals surface area contributed by atoms with E-state index in [0.717, 1.165) is 11.3 Å². The van der Waals surface area contributed by atoms with Crippen molar-refractivity contribution in [3.05, 3.63) is 65.2 Å². The maximum absolute atomic E-state index is 12.1. The molecule has 0 heterocycles. The smallest absolute Gasteiger partial charge is 0.222 e. The van der Waals surface area contributed by atoms with Crippen LogP contribution in [0, 0.1) is 0 Å². The zero-order valence-electron chi connectivity index (χ0n) is 12.7. The van der Waals surface area contributed by atoms with Crippen molar-refractivity contribution >= 4 is 17.5 Å². The fourth-order valence-electron chi connectivity index (χ4n) is 2.08. The molecule has 0 radical (unpaired) electrons. The molecule has 0 N–H and O–H groups in total. The van der Waals surface area contributed by atoms with Crippen LogP contribution in [0.2, 0.25) is 5.02 Å². The van der Waals surface area contributed by atoms with Crippen molar-refractivity contribution in [3.63, 3.8) is 0 Å². The Labute approximate surface area is 136 Å². The zero-order valence-corrected chi connectivity index (χ0v) is 13.4. The van der Waals surface area contributed by atoms with Crippen LogP contribution in [0.4, 0.5) is 0 Å². The molecule has 2 aromatic rings. The van der Waals surface area contributed by atoms with Crippen molar-refractivity contribution in [2.24, 2.45) is 0 Å². The minimum atomic E-state index is 0.128. The predicted molar refractivity (Wildman–Crippen MR) is 89.1 cm³/mol. The first kappa shape index (κ1) is 16.4. The van der Waals surface area contributed by atoms with E-state index >= 15 is 0 Å². The molecule has 2 rings (SSSR count). The van der Waals surface area contributed by atoms with Crippen LogP contribution in [-0.2, 0) is 11.3 Å². The van der Waals surface area contributed by atoms with Crippen molar-refractivity contribution < 1.29 is 9.53 Å². The van der Waals surface area contributed by atoms with Gasteiger partial charge in [0.15, 0.2) is 0 Å². The number of carbonyl (C=O) groups excluding carboxylic acids is 1. The summed E-state index contributed by atoms with van der Waals surface area (Å²) in [7, 11) is 1.83. The molecule has 0 unspecified atom stereocenters. The van der Waals surface area contributed by atoms with Gasteiger partial charge < -0.3 is 9.64 Å². The Kier molecular flexibility index (Phi) is 6.28. The van der Waals surface area contributed by atoms with Gasteiger partial charge in [-0.3, -0.25) is 4.79 Å². The van der Waals surface area contributed by atoms with Crippen LogP contribution < -0.4 is 4.74 Å². The topological polar surface area (TPSA) is 29.5 Å². The highest BCUT2D eigenvalue weighted by Crippen LogP contribution is 2.15. The molecule has 116 valence electrons. The fraction of sp³-hybridized carbons (Fsp3) is 0.278. The number of hydrogen-bond donors (Lipinski definition) is 0. The summed E-state index contributed by atoms with van der Waals surface area (Å²) in [6, 6.07) is 17.2. The molecular weight excluding hydrogens is 298 g/mol. The molecule has 22 heavy (non-hydrogen) atoms. The van der Waals surface area contributed by atoms with E-state index in [2.05, 4.69) is 0 Å². The standard InChI is InChI=1S/C18H20ClNO2/c1-20(14-15-6-3-2-4-7-15)18(21)8-5-13-22-17-11-9-16(19)10-12-17/h2-4,6-7,9-12H,5,8,13-14H2,1H3. The highest BCUT2D eigenvalue weighted by atomic mass is 35.5. The van der Waals surface area contributed by atoms with E-state index in [4.69, 9.17) is 16.3 Å². The van der Waals surface area contributed by atoms with Gasteiger partial charge in [0, 0.05) is 25.0 Å². The van der Waals surface area contributed by atoms with E-state index in [1.54, 1.807) is 17.0 Å². The highest BCUT2D eigenvalue weighted by molar-refractivity contribution is 6.30. The van der Waals surface area contributed by atoms with E-state index in [0.29, 0.717) is 31.0 Å². The van der Waals surface area contributed by atoms with E-state index in [1.807, 2.05) is 49.5 Å². The molecule has 4 heteroatoms. The van der Waals surface area contributed by atoms with Gasteiger partial charge in [-0.25, -0.2) is 0 Å². The molecule has 2 aromatic carbocycles. The maximum Gasteiger partial charge on any atom is 0.222 e. The summed E-state index contributed by atoms with van der Waals surface area (Å²) < 4.78 is 5.58. The van der Waals surface area contributed by atoms with Gasteiger partial charge >= 0.3 is 0 Å². The van der Waals surface area contributed by atoms with Crippen LogP contribution in [0.5, 0.6) is 5.75 Å². The summed E-state index contributed by atoms with van der Waals surface area (Å²) in [5.74, 6) is 0.901. The third kappa shape index (κ3) is 5.41. The van der Waals surface area contributed by atoms with Gasteiger partial charge in [-0.15, -0.1) is 0 Å². The molecule has 0 spiro atoms. The molecule has 3 nitrogen and oxygen atoms in total. The van der Waals surface area contributed by atoms with Gasteiger partial charge in [-0.1, -0.05) is 41.9 Å². The number of ether oxygens (including phenoxy) is 1. The van der Waals surface area contributed by atoms with Gasteiger partial charge in [0.1, 0.15) is 5.75 Å². The first-order valence-electron chi connectivity index (χ1n) is 7.31. The molecule has 0 aliphatic rings.